The van der Waals surface area contributed by atoms with Crippen LogP contribution in [0, 0.1) is 0 Å². The molecule has 26 heavy (non-hydrogen) atoms. The summed E-state index contributed by atoms with van der Waals surface area (Å²) in [6, 6.07) is 8.67. The van der Waals surface area contributed by atoms with E-state index in [4.69, 9.17) is 0 Å². The molecule has 1 aliphatic heterocycles. The first-order valence-corrected chi connectivity index (χ1v) is 11.0. The Kier molecular flexibility index (Phi) is 8.34. The molecule has 1 saturated heterocycles. The molecule has 1 fully saturated rings. The van der Waals surface area contributed by atoms with Gasteiger partial charge >= 0.3 is 0 Å². The normalized spacial score (nSPS) is 16.5. The van der Waals surface area contributed by atoms with E-state index in [0.29, 0.717) is 25.6 Å². The first-order valence-electron chi connectivity index (χ1n) is 9.15. The third-order valence-electron chi connectivity index (χ3n) is 4.34. The highest BCUT2D eigenvalue weighted by Crippen LogP contribution is 2.13. The second-order valence-electron chi connectivity index (χ2n) is 6.67. The molecule has 8 heteroatoms. The van der Waals surface area contributed by atoms with Crippen LogP contribution in [0.25, 0.3) is 0 Å². The minimum absolute atomic E-state index is 0.324. The Morgan fingerprint density at radius 2 is 1.69 bits per heavy atom. The second-order valence-corrected chi connectivity index (χ2v) is 8.51. The molecular formula is C18H31N5O2S. The quantitative estimate of drug-likeness (QED) is 0.354. The topological polar surface area (TPSA) is 85.8 Å². The third kappa shape index (κ3) is 8.16. The number of hydrogen-bond donors (Lipinski definition) is 3. The van der Waals surface area contributed by atoms with Crippen LogP contribution in [0.2, 0.25) is 0 Å². The highest BCUT2D eigenvalue weighted by atomic mass is 32.2. The second kappa shape index (κ2) is 10.5. The molecule has 1 heterocycles. The lowest BCUT2D eigenvalue weighted by Crippen LogP contribution is -2.41. The van der Waals surface area contributed by atoms with Crippen LogP contribution >= 0.6 is 0 Å². The Morgan fingerprint density at radius 3 is 2.31 bits per heavy atom. The molecule has 0 unspecified atom stereocenters. The number of sulfonamides is 1. The van der Waals surface area contributed by atoms with E-state index in [9.17, 15) is 8.42 Å². The summed E-state index contributed by atoms with van der Waals surface area (Å²) in [6.07, 6.45) is 5.14. The number of piperidine rings is 1. The van der Waals surface area contributed by atoms with Crippen molar-refractivity contribution in [2.75, 3.05) is 39.5 Å². The highest BCUT2D eigenvalue weighted by Gasteiger charge is 2.10. The average molecular weight is 382 g/mol. The SMILES string of the molecule is CN=C(NCCNS(C)(=O)=O)NCc1ccc(CN2CCCCC2)cc1. The van der Waals surface area contributed by atoms with Crippen LogP contribution in [-0.4, -0.2) is 58.8 Å². The van der Waals surface area contributed by atoms with Crippen LogP contribution < -0.4 is 15.4 Å². The summed E-state index contributed by atoms with van der Waals surface area (Å²) in [5, 5.41) is 6.32. The summed E-state index contributed by atoms with van der Waals surface area (Å²) >= 11 is 0. The maximum Gasteiger partial charge on any atom is 0.208 e. The van der Waals surface area contributed by atoms with Crippen molar-refractivity contribution in [3.8, 4) is 0 Å². The fourth-order valence-electron chi connectivity index (χ4n) is 2.96. The van der Waals surface area contributed by atoms with Gasteiger partial charge in [-0.05, 0) is 37.1 Å². The molecule has 0 amide bonds. The fourth-order valence-corrected chi connectivity index (χ4v) is 3.43. The lowest BCUT2D eigenvalue weighted by molar-refractivity contribution is 0.221. The number of hydrogen-bond acceptors (Lipinski definition) is 4. The van der Waals surface area contributed by atoms with Crippen molar-refractivity contribution in [1.29, 1.82) is 0 Å². The van der Waals surface area contributed by atoms with Gasteiger partial charge in [-0.2, -0.15) is 0 Å². The van der Waals surface area contributed by atoms with Crippen LogP contribution in [0.1, 0.15) is 30.4 Å². The molecule has 1 aromatic carbocycles. The predicted octanol–water partition coefficient (Wildman–Crippen LogP) is 0.887. The monoisotopic (exact) mass is 381 g/mol. The molecule has 1 aliphatic rings. The van der Waals surface area contributed by atoms with Crippen LogP contribution in [-0.2, 0) is 23.1 Å². The molecule has 0 aliphatic carbocycles. The molecule has 7 nitrogen and oxygen atoms in total. The van der Waals surface area contributed by atoms with E-state index in [1.807, 2.05) is 0 Å². The zero-order valence-electron chi connectivity index (χ0n) is 15.8. The molecule has 3 N–H and O–H groups in total. The molecule has 0 atom stereocenters. The van der Waals surface area contributed by atoms with E-state index in [1.165, 1.54) is 43.5 Å². The molecule has 0 aromatic heterocycles. The molecular weight excluding hydrogens is 350 g/mol. The van der Waals surface area contributed by atoms with Crippen LogP contribution in [0.4, 0.5) is 0 Å². The fraction of sp³-hybridized carbons (Fsp3) is 0.611. The summed E-state index contributed by atoms with van der Waals surface area (Å²) < 4.78 is 24.5. The summed E-state index contributed by atoms with van der Waals surface area (Å²) in [6.45, 7) is 4.92. The van der Waals surface area contributed by atoms with Gasteiger partial charge in [-0.15, -0.1) is 0 Å². The number of nitrogens with zero attached hydrogens (tertiary/aromatic N) is 2. The van der Waals surface area contributed by atoms with Gasteiger partial charge in [-0.1, -0.05) is 30.7 Å². The van der Waals surface area contributed by atoms with Crippen molar-refractivity contribution < 1.29 is 8.42 Å². The molecule has 2 rings (SSSR count). The number of aliphatic imine (C=N–C) groups is 1. The van der Waals surface area contributed by atoms with Crippen molar-refractivity contribution in [2.24, 2.45) is 4.99 Å². The number of nitrogens with one attached hydrogen (secondary N) is 3. The van der Waals surface area contributed by atoms with Gasteiger partial charge in [0.1, 0.15) is 0 Å². The van der Waals surface area contributed by atoms with E-state index >= 15 is 0 Å². The van der Waals surface area contributed by atoms with Crippen molar-refractivity contribution in [1.82, 2.24) is 20.3 Å². The van der Waals surface area contributed by atoms with E-state index < -0.39 is 10.0 Å². The van der Waals surface area contributed by atoms with Gasteiger partial charge in [-0.3, -0.25) is 9.89 Å². The summed E-state index contributed by atoms with van der Waals surface area (Å²) in [5.74, 6) is 0.651. The Balaban J connectivity index is 1.71. The molecule has 0 spiro atoms. The van der Waals surface area contributed by atoms with Gasteiger partial charge in [0.15, 0.2) is 5.96 Å². The van der Waals surface area contributed by atoms with E-state index in [-0.39, 0.29) is 0 Å². The Morgan fingerprint density at radius 1 is 1.04 bits per heavy atom. The average Bonchev–Trinajstić information content (AvgIpc) is 2.62. The Bertz CT molecular complexity index is 667. The molecule has 146 valence electrons. The standard InChI is InChI=1S/C18H31N5O2S/c1-19-18(20-10-11-22-26(2,24)25)21-14-16-6-8-17(9-7-16)15-23-12-4-3-5-13-23/h6-9,22H,3-5,10-15H2,1-2H3,(H2,19,20,21). The zero-order valence-corrected chi connectivity index (χ0v) is 16.6. The van der Waals surface area contributed by atoms with E-state index in [2.05, 4.69) is 49.5 Å². The maximum atomic E-state index is 11.0. The van der Waals surface area contributed by atoms with Gasteiger partial charge in [0.05, 0.1) is 6.26 Å². The number of likely N-dealkylation sites (tertiary alicyclic amines) is 1. The largest absolute Gasteiger partial charge is 0.355 e. The van der Waals surface area contributed by atoms with Crippen molar-refractivity contribution >= 4 is 16.0 Å². The highest BCUT2D eigenvalue weighted by molar-refractivity contribution is 7.88. The molecule has 0 radical (unpaired) electrons. The maximum absolute atomic E-state index is 11.0. The van der Waals surface area contributed by atoms with Gasteiger partial charge in [0.25, 0.3) is 0 Å². The predicted molar refractivity (Wildman–Crippen MR) is 107 cm³/mol. The van der Waals surface area contributed by atoms with Gasteiger partial charge < -0.3 is 10.6 Å². The summed E-state index contributed by atoms with van der Waals surface area (Å²) in [7, 11) is -1.46. The first kappa shape index (κ1) is 20.7. The van der Waals surface area contributed by atoms with Gasteiger partial charge in [0, 0.05) is 33.2 Å². The lowest BCUT2D eigenvalue weighted by Gasteiger charge is -2.26. The summed E-state index contributed by atoms with van der Waals surface area (Å²) in [5.41, 5.74) is 2.54. The van der Waals surface area contributed by atoms with Crippen LogP contribution in [0.15, 0.2) is 29.3 Å². The van der Waals surface area contributed by atoms with Crippen LogP contribution in [0.3, 0.4) is 0 Å². The minimum atomic E-state index is -3.15. The van der Waals surface area contributed by atoms with Crippen molar-refractivity contribution in [2.45, 2.75) is 32.4 Å². The Labute approximate surface area is 157 Å². The van der Waals surface area contributed by atoms with Gasteiger partial charge in [0.2, 0.25) is 10.0 Å². The minimum Gasteiger partial charge on any atom is -0.355 e. The Hall–Kier alpha value is -1.64. The van der Waals surface area contributed by atoms with Crippen LogP contribution in [0.5, 0.6) is 0 Å². The smallest absolute Gasteiger partial charge is 0.208 e. The zero-order chi connectivity index (χ0) is 18.8. The number of rotatable bonds is 8. The summed E-state index contributed by atoms with van der Waals surface area (Å²) in [4.78, 5) is 6.66. The number of guanidine groups is 1. The first-order chi connectivity index (χ1) is 12.5. The third-order valence-corrected chi connectivity index (χ3v) is 5.07. The lowest BCUT2D eigenvalue weighted by atomic mass is 10.1. The van der Waals surface area contributed by atoms with Gasteiger partial charge in [-0.25, -0.2) is 13.1 Å². The van der Waals surface area contributed by atoms with E-state index in [1.54, 1.807) is 7.05 Å². The van der Waals surface area contributed by atoms with Crippen molar-refractivity contribution in [3.05, 3.63) is 35.4 Å². The molecule has 0 saturated carbocycles. The number of benzene rings is 1. The van der Waals surface area contributed by atoms with E-state index in [0.717, 1.165) is 12.8 Å². The molecule has 1 aromatic rings. The molecule has 0 bridgehead atoms. The van der Waals surface area contributed by atoms with Crippen molar-refractivity contribution in [3.63, 3.8) is 0 Å².